The number of piperidine rings is 1. The lowest BCUT2D eigenvalue weighted by Crippen LogP contribution is -2.46. The number of benzene rings is 2. The van der Waals surface area contributed by atoms with Gasteiger partial charge in [-0.05, 0) is 30.5 Å². The van der Waals surface area contributed by atoms with Crippen molar-refractivity contribution < 1.29 is 4.79 Å². The first-order chi connectivity index (χ1) is 13.8. The quantitative estimate of drug-likeness (QED) is 0.282. The van der Waals surface area contributed by atoms with Crippen LogP contribution in [0.5, 0.6) is 0 Å². The van der Waals surface area contributed by atoms with E-state index in [9.17, 15) is 4.79 Å². The topological polar surface area (TPSA) is 56.7 Å². The molecule has 0 saturated carbocycles. The Labute approximate surface area is 190 Å². The Bertz CT molecular complexity index is 811. The molecular weight excluding hydrogens is 475 g/mol. The Kier molecular flexibility index (Phi) is 9.70. The average molecular weight is 504 g/mol. The Morgan fingerprint density at radius 1 is 0.966 bits per heavy atom. The van der Waals surface area contributed by atoms with Crippen LogP contribution in [0.1, 0.15) is 28.8 Å². The number of rotatable bonds is 5. The molecule has 5 nitrogen and oxygen atoms in total. The summed E-state index contributed by atoms with van der Waals surface area (Å²) in [7, 11) is 1.81. The predicted octanol–water partition coefficient (Wildman–Crippen LogP) is 3.79. The fraction of sp³-hybridized carbons (Fsp3) is 0.304. The van der Waals surface area contributed by atoms with Crippen LogP contribution < -0.4 is 10.6 Å². The molecule has 0 aliphatic carbocycles. The molecule has 0 aromatic heterocycles. The van der Waals surface area contributed by atoms with E-state index < -0.39 is 0 Å². The number of hydrogen-bond acceptors (Lipinski definition) is 2. The van der Waals surface area contributed by atoms with Gasteiger partial charge in [0, 0.05) is 38.8 Å². The Morgan fingerprint density at radius 2 is 1.55 bits per heavy atom. The molecule has 0 radical (unpaired) electrons. The molecule has 154 valence electrons. The van der Waals surface area contributed by atoms with Crippen molar-refractivity contribution in [1.29, 1.82) is 0 Å². The summed E-state index contributed by atoms with van der Waals surface area (Å²) < 4.78 is 0. The second kappa shape index (κ2) is 12.3. The molecule has 0 unspecified atom stereocenters. The summed E-state index contributed by atoms with van der Waals surface area (Å²) in [5.74, 6) is 0.846. The number of nitrogens with zero attached hydrogens (tertiary/aromatic N) is 2. The molecule has 1 fully saturated rings. The number of likely N-dealkylation sites (tertiary alicyclic amines) is 1. The first-order valence-electron chi connectivity index (χ1n) is 9.79. The molecule has 3 rings (SSSR count). The number of guanidine groups is 1. The van der Waals surface area contributed by atoms with Crippen molar-refractivity contribution in [3.05, 3.63) is 77.4 Å². The largest absolute Gasteiger partial charge is 0.354 e. The molecule has 6 heteroatoms. The van der Waals surface area contributed by atoms with Gasteiger partial charge in [-0.3, -0.25) is 9.79 Å². The van der Waals surface area contributed by atoms with Gasteiger partial charge in [0.2, 0.25) is 0 Å². The van der Waals surface area contributed by atoms with E-state index in [0.717, 1.165) is 31.9 Å². The van der Waals surface area contributed by atoms with Crippen LogP contribution in [0, 0.1) is 0 Å². The standard InChI is InChI=1S/C23H28N4O.HI/c1-24-23(26-15-14-25-22(28)21-10-6-3-7-11-21)27-16-12-20(13-17-27)18-19-8-4-2-5-9-19;/h2-11,18H,12-17H2,1H3,(H,24,26)(H,25,28);1H. The van der Waals surface area contributed by atoms with Gasteiger partial charge >= 0.3 is 0 Å². The summed E-state index contributed by atoms with van der Waals surface area (Å²) in [4.78, 5) is 18.7. The van der Waals surface area contributed by atoms with Crippen LogP contribution >= 0.6 is 24.0 Å². The lowest BCUT2D eigenvalue weighted by Gasteiger charge is -2.31. The van der Waals surface area contributed by atoms with Gasteiger partial charge in [0.15, 0.2) is 5.96 Å². The third-order valence-electron chi connectivity index (χ3n) is 4.82. The summed E-state index contributed by atoms with van der Waals surface area (Å²) in [6, 6.07) is 19.7. The smallest absolute Gasteiger partial charge is 0.251 e. The molecule has 0 spiro atoms. The molecule has 1 heterocycles. The molecule has 1 aliphatic rings. The predicted molar refractivity (Wildman–Crippen MR) is 131 cm³/mol. The average Bonchev–Trinajstić information content (AvgIpc) is 2.76. The van der Waals surface area contributed by atoms with E-state index in [2.05, 4.69) is 50.9 Å². The Morgan fingerprint density at radius 3 is 2.17 bits per heavy atom. The summed E-state index contributed by atoms with van der Waals surface area (Å²) in [6.07, 6.45) is 4.38. The monoisotopic (exact) mass is 504 g/mol. The fourth-order valence-corrected chi connectivity index (χ4v) is 3.31. The minimum Gasteiger partial charge on any atom is -0.354 e. The van der Waals surface area contributed by atoms with Gasteiger partial charge in [0.05, 0.1) is 0 Å². The maximum atomic E-state index is 12.1. The van der Waals surface area contributed by atoms with E-state index in [-0.39, 0.29) is 29.9 Å². The highest BCUT2D eigenvalue weighted by atomic mass is 127. The van der Waals surface area contributed by atoms with Crippen LogP contribution in [0.4, 0.5) is 0 Å². The van der Waals surface area contributed by atoms with Crippen LogP contribution in [-0.2, 0) is 0 Å². The second-order valence-electron chi connectivity index (χ2n) is 6.80. The number of hydrogen-bond donors (Lipinski definition) is 2. The zero-order chi connectivity index (χ0) is 19.6. The van der Waals surface area contributed by atoms with Crippen molar-refractivity contribution in [2.24, 2.45) is 4.99 Å². The van der Waals surface area contributed by atoms with E-state index in [0.29, 0.717) is 18.7 Å². The number of carbonyl (C=O) groups is 1. The summed E-state index contributed by atoms with van der Waals surface area (Å²) >= 11 is 0. The number of amides is 1. The zero-order valence-corrected chi connectivity index (χ0v) is 19.1. The number of halogens is 1. The molecule has 1 aliphatic heterocycles. The van der Waals surface area contributed by atoms with Crippen LogP contribution in [0.3, 0.4) is 0 Å². The first kappa shape index (κ1) is 22.9. The lowest BCUT2D eigenvalue weighted by atomic mass is 10.0. The van der Waals surface area contributed by atoms with Crippen molar-refractivity contribution in [2.45, 2.75) is 12.8 Å². The third-order valence-corrected chi connectivity index (χ3v) is 4.82. The van der Waals surface area contributed by atoms with E-state index in [4.69, 9.17) is 0 Å². The molecule has 0 atom stereocenters. The van der Waals surface area contributed by atoms with Crippen molar-refractivity contribution in [3.8, 4) is 0 Å². The van der Waals surface area contributed by atoms with Gasteiger partial charge in [-0.25, -0.2) is 0 Å². The number of aliphatic imine (C=N–C) groups is 1. The maximum absolute atomic E-state index is 12.1. The number of nitrogens with one attached hydrogen (secondary N) is 2. The molecule has 0 bridgehead atoms. The maximum Gasteiger partial charge on any atom is 0.251 e. The highest BCUT2D eigenvalue weighted by Crippen LogP contribution is 2.19. The summed E-state index contributed by atoms with van der Waals surface area (Å²) in [5.41, 5.74) is 3.43. The van der Waals surface area contributed by atoms with Crippen LogP contribution in [0.2, 0.25) is 0 Å². The van der Waals surface area contributed by atoms with Gasteiger partial charge < -0.3 is 15.5 Å². The molecule has 2 aromatic rings. The number of carbonyl (C=O) groups excluding carboxylic acids is 1. The molecule has 29 heavy (non-hydrogen) atoms. The van der Waals surface area contributed by atoms with Gasteiger partial charge in [-0.2, -0.15) is 0 Å². The Hall–Kier alpha value is -2.35. The lowest BCUT2D eigenvalue weighted by molar-refractivity contribution is 0.0954. The molecule has 1 amide bonds. The molecular formula is C23H29IN4O. The SMILES string of the molecule is CN=C(NCCNC(=O)c1ccccc1)N1CCC(=Cc2ccccc2)CC1.I. The van der Waals surface area contributed by atoms with Gasteiger partial charge in [-0.1, -0.05) is 60.2 Å². The van der Waals surface area contributed by atoms with E-state index in [1.165, 1.54) is 11.1 Å². The van der Waals surface area contributed by atoms with Crippen LogP contribution in [0.15, 0.2) is 71.2 Å². The van der Waals surface area contributed by atoms with Crippen molar-refractivity contribution in [2.75, 3.05) is 33.2 Å². The van der Waals surface area contributed by atoms with Crippen molar-refractivity contribution in [1.82, 2.24) is 15.5 Å². The van der Waals surface area contributed by atoms with Crippen molar-refractivity contribution >= 4 is 41.9 Å². The molecule has 2 aromatic carbocycles. The summed E-state index contributed by atoms with van der Waals surface area (Å²) in [5, 5.41) is 6.28. The normalized spacial score (nSPS) is 14.0. The van der Waals surface area contributed by atoms with E-state index in [1.807, 2.05) is 36.4 Å². The van der Waals surface area contributed by atoms with Crippen molar-refractivity contribution in [3.63, 3.8) is 0 Å². The first-order valence-corrected chi connectivity index (χ1v) is 9.79. The van der Waals surface area contributed by atoms with Crippen LogP contribution in [-0.4, -0.2) is 50.0 Å². The van der Waals surface area contributed by atoms with E-state index >= 15 is 0 Å². The second-order valence-corrected chi connectivity index (χ2v) is 6.80. The van der Waals surface area contributed by atoms with Gasteiger partial charge in [-0.15, -0.1) is 24.0 Å². The minimum absolute atomic E-state index is 0. The fourth-order valence-electron chi connectivity index (χ4n) is 3.31. The van der Waals surface area contributed by atoms with Gasteiger partial charge in [0.25, 0.3) is 5.91 Å². The third kappa shape index (κ3) is 7.20. The molecule has 2 N–H and O–H groups in total. The Balaban J connectivity index is 0.00000300. The highest BCUT2D eigenvalue weighted by Gasteiger charge is 2.17. The summed E-state index contributed by atoms with van der Waals surface area (Å²) in [6.45, 7) is 3.11. The minimum atomic E-state index is -0.0500. The van der Waals surface area contributed by atoms with Crippen LogP contribution in [0.25, 0.3) is 6.08 Å². The van der Waals surface area contributed by atoms with E-state index in [1.54, 1.807) is 7.05 Å². The highest BCUT2D eigenvalue weighted by molar-refractivity contribution is 14.0. The van der Waals surface area contributed by atoms with Gasteiger partial charge in [0.1, 0.15) is 0 Å². The zero-order valence-electron chi connectivity index (χ0n) is 16.8. The molecule has 1 saturated heterocycles.